The number of ether oxygens (including phenoxy) is 1. The van der Waals surface area contributed by atoms with Crippen LogP contribution in [0.1, 0.15) is 12.8 Å². The maximum Gasteiger partial charge on any atom is 0.256 e. The van der Waals surface area contributed by atoms with E-state index in [2.05, 4.69) is 10.6 Å². The molecule has 6 N–H and O–H groups in total. The number of carbonyl (C=O) groups excluding carboxylic acids is 2. The number of thiocarbonyl (C=S) groups is 1. The minimum absolute atomic E-state index is 0.0230. The highest BCUT2D eigenvalue weighted by atomic mass is 32.1. The molecule has 0 saturated carbocycles. The zero-order valence-electron chi connectivity index (χ0n) is 17.1. The predicted octanol–water partition coefficient (Wildman–Crippen LogP) is 0.612. The molecule has 0 bridgehead atoms. The number of amides is 2. The van der Waals surface area contributed by atoms with Gasteiger partial charge in [0, 0.05) is 56.6 Å². The average Bonchev–Trinajstić information content (AvgIpc) is 2.74. The highest BCUT2D eigenvalue weighted by Gasteiger charge is 2.25. The lowest BCUT2D eigenvalue weighted by atomic mass is 10.2. The fourth-order valence-corrected chi connectivity index (χ4v) is 3.06. The van der Waals surface area contributed by atoms with Crippen molar-refractivity contribution < 1.29 is 23.1 Å². The van der Waals surface area contributed by atoms with Crippen LogP contribution in [0.15, 0.2) is 24.0 Å². The van der Waals surface area contributed by atoms with Gasteiger partial charge in [0.2, 0.25) is 11.8 Å². The molecule has 31 heavy (non-hydrogen) atoms. The van der Waals surface area contributed by atoms with E-state index in [1.54, 1.807) is 9.80 Å². The lowest BCUT2D eigenvalue weighted by Crippen LogP contribution is -2.49. The molecule has 1 aliphatic rings. The van der Waals surface area contributed by atoms with Crippen LogP contribution in [0.3, 0.4) is 0 Å². The zero-order valence-corrected chi connectivity index (χ0v) is 17.9. The van der Waals surface area contributed by atoms with Crippen LogP contribution in [0.2, 0.25) is 0 Å². The van der Waals surface area contributed by atoms with E-state index in [1.807, 2.05) is 0 Å². The topological polar surface area (TPSA) is 126 Å². The standard InChI is InChI=1S/C19H26F2N6O3S/c1-30-19(31)25-11-12(22)10-24-13-8-14(20)18(15(21)9-13)27-6-4-26(5-7-27)17(29)3-2-16(23)28/h8-10,24H,2-7,11,22H2,1H3,(H2,23,28)(H,25,31)/b12-10-. The third-order valence-electron chi connectivity index (χ3n) is 4.60. The molecule has 0 spiro atoms. The van der Waals surface area contributed by atoms with E-state index in [4.69, 9.17) is 28.4 Å². The van der Waals surface area contributed by atoms with Crippen LogP contribution in [-0.2, 0) is 14.3 Å². The van der Waals surface area contributed by atoms with Crippen molar-refractivity contribution in [3.8, 4) is 0 Å². The number of nitrogens with two attached hydrogens (primary N) is 2. The molecule has 9 nitrogen and oxygen atoms in total. The maximum absolute atomic E-state index is 14.6. The molecule has 170 valence electrons. The van der Waals surface area contributed by atoms with Crippen LogP contribution in [-0.4, -0.2) is 61.7 Å². The van der Waals surface area contributed by atoms with Crippen molar-refractivity contribution in [2.75, 3.05) is 50.1 Å². The van der Waals surface area contributed by atoms with Crippen LogP contribution in [0.4, 0.5) is 20.2 Å². The number of carbonyl (C=O) groups is 2. The van der Waals surface area contributed by atoms with E-state index >= 15 is 0 Å². The Morgan fingerprint density at radius 3 is 2.32 bits per heavy atom. The fourth-order valence-electron chi connectivity index (χ4n) is 2.99. The number of nitrogens with one attached hydrogen (secondary N) is 2. The quantitative estimate of drug-likeness (QED) is 0.420. The molecule has 12 heteroatoms. The van der Waals surface area contributed by atoms with E-state index in [0.29, 0.717) is 18.8 Å². The summed E-state index contributed by atoms with van der Waals surface area (Å²) in [6, 6.07) is 2.33. The van der Waals surface area contributed by atoms with Gasteiger partial charge in [0.05, 0.1) is 13.7 Å². The van der Waals surface area contributed by atoms with Crippen molar-refractivity contribution in [3.05, 3.63) is 35.7 Å². The molecule has 1 fully saturated rings. The lowest BCUT2D eigenvalue weighted by molar-refractivity contribution is -0.133. The van der Waals surface area contributed by atoms with E-state index in [9.17, 15) is 18.4 Å². The van der Waals surface area contributed by atoms with Crippen LogP contribution >= 0.6 is 12.2 Å². The summed E-state index contributed by atoms with van der Waals surface area (Å²) >= 11 is 4.83. The van der Waals surface area contributed by atoms with Gasteiger partial charge in [-0.15, -0.1) is 0 Å². The molecule has 0 atom stereocenters. The summed E-state index contributed by atoms with van der Waals surface area (Å²) < 4.78 is 34.0. The van der Waals surface area contributed by atoms with E-state index in [1.165, 1.54) is 25.4 Å². The van der Waals surface area contributed by atoms with E-state index < -0.39 is 17.5 Å². The number of nitrogens with zero attached hydrogens (tertiary/aromatic N) is 2. The molecule has 1 heterocycles. The number of anilines is 2. The minimum Gasteiger partial charge on any atom is -0.474 e. The monoisotopic (exact) mass is 456 g/mol. The van der Waals surface area contributed by atoms with Crippen molar-refractivity contribution in [3.63, 3.8) is 0 Å². The molecule has 0 aliphatic carbocycles. The Hall–Kier alpha value is -3.15. The van der Waals surface area contributed by atoms with Crippen molar-refractivity contribution in [1.82, 2.24) is 10.2 Å². The first-order valence-corrected chi connectivity index (χ1v) is 9.95. The number of primary amides is 1. The predicted molar refractivity (Wildman–Crippen MR) is 117 cm³/mol. The summed E-state index contributed by atoms with van der Waals surface area (Å²) in [5.41, 5.74) is 11.2. The Balaban J connectivity index is 1.96. The Morgan fingerprint density at radius 1 is 1.16 bits per heavy atom. The normalized spacial score (nSPS) is 14.2. The van der Waals surface area contributed by atoms with Crippen molar-refractivity contribution >= 4 is 40.6 Å². The van der Waals surface area contributed by atoms with E-state index in [-0.39, 0.29) is 54.9 Å². The molecule has 0 aromatic heterocycles. The first kappa shape index (κ1) is 24.1. The van der Waals surface area contributed by atoms with Gasteiger partial charge in [-0.05, 0) is 24.4 Å². The molecular weight excluding hydrogens is 430 g/mol. The van der Waals surface area contributed by atoms with Crippen molar-refractivity contribution in [2.45, 2.75) is 12.8 Å². The zero-order chi connectivity index (χ0) is 23.0. The molecule has 2 rings (SSSR count). The third-order valence-corrected chi connectivity index (χ3v) is 4.91. The summed E-state index contributed by atoms with van der Waals surface area (Å²) in [6.07, 6.45) is 1.41. The maximum atomic E-state index is 14.6. The summed E-state index contributed by atoms with van der Waals surface area (Å²) in [4.78, 5) is 26.0. The first-order chi connectivity index (χ1) is 14.7. The number of piperazine rings is 1. The highest BCUT2D eigenvalue weighted by molar-refractivity contribution is 7.80. The Morgan fingerprint density at radius 2 is 1.77 bits per heavy atom. The summed E-state index contributed by atoms with van der Waals surface area (Å²) in [6.45, 7) is 1.32. The Labute approximate surface area is 184 Å². The average molecular weight is 457 g/mol. The second-order valence-electron chi connectivity index (χ2n) is 6.83. The van der Waals surface area contributed by atoms with Gasteiger partial charge in [0.25, 0.3) is 5.17 Å². The van der Waals surface area contributed by atoms with Gasteiger partial charge in [0.15, 0.2) is 11.6 Å². The highest BCUT2D eigenvalue weighted by Crippen LogP contribution is 2.28. The smallest absolute Gasteiger partial charge is 0.256 e. The van der Waals surface area contributed by atoms with Crippen LogP contribution in [0.5, 0.6) is 0 Å². The summed E-state index contributed by atoms with van der Waals surface area (Å²) in [7, 11) is 1.42. The van der Waals surface area contributed by atoms with E-state index in [0.717, 1.165) is 0 Å². The Kier molecular flexibility index (Phi) is 8.79. The molecule has 2 amide bonds. The second-order valence-corrected chi connectivity index (χ2v) is 7.20. The van der Waals surface area contributed by atoms with Crippen LogP contribution in [0, 0.1) is 11.6 Å². The summed E-state index contributed by atoms with van der Waals surface area (Å²) in [5, 5.41) is 5.65. The Bertz CT molecular complexity index is 836. The third kappa shape index (κ3) is 7.24. The largest absolute Gasteiger partial charge is 0.474 e. The molecule has 1 aromatic carbocycles. The fraction of sp³-hybridized carbons (Fsp3) is 0.421. The molecule has 0 radical (unpaired) electrons. The molecular formula is C19H26F2N6O3S. The number of methoxy groups -OCH3 is 1. The number of hydrogen-bond donors (Lipinski definition) is 4. The second kappa shape index (κ2) is 11.3. The summed E-state index contributed by atoms with van der Waals surface area (Å²) in [5.74, 6) is -2.22. The van der Waals surface area contributed by atoms with Crippen molar-refractivity contribution in [2.24, 2.45) is 11.5 Å². The van der Waals surface area contributed by atoms with Crippen molar-refractivity contribution in [1.29, 1.82) is 0 Å². The molecule has 1 aliphatic heterocycles. The number of hydrogen-bond acceptors (Lipinski definition) is 7. The van der Waals surface area contributed by atoms with Gasteiger partial charge in [-0.2, -0.15) is 0 Å². The SMILES string of the molecule is COC(=S)NC/C(N)=C/Nc1cc(F)c(N2CCN(C(=O)CCC(N)=O)CC2)c(F)c1. The molecule has 1 aromatic rings. The number of halogens is 2. The van der Waals surface area contributed by atoms with Gasteiger partial charge in [-0.25, -0.2) is 8.78 Å². The number of rotatable bonds is 8. The van der Waals surface area contributed by atoms with Gasteiger partial charge < -0.3 is 36.6 Å². The van der Waals surface area contributed by atoms with Gasteiger partial charge in [-0.1, -0.05) is 0 Å². The van der Waals surface area contributed by atoms with Crippen LogP contribution in [0.25, 0.3) is 0 Å². The molecule has 0 unspecified atom stereocenters. The van der Waals surface area contributed by atoms with Crippen LogP contribution < -0.4 is 27.0 Å². The van der Waals surface area contributed by atoms with Gasteiger partial charge in [0.1, 0.15) is 5.69 Å². The minimum atomic E-state index is -0.735. The van der Waals surface area contributed by atoms with Gasteiger partial charge in [-0.3, -0.25) is 9.59 Å². The first-order valence-electron chi connectivity index (χ1n) is 9.54. The van der Waals surface area contributed by atoms with Gasteiger partial charge >= 0.3 is 0 Å². The number of benzene rings is 1. The molecule has 1 saturated heterocycles. The lowest BCUT2D eigenvalue weighted by Gasteiger charge is -2.36.